The summed E-state index contributed by atoms with van der Waals surface area (Å²) in [6.45, 7) is 1.94. The molecule has 0 saturated heterocycles. The van der Waals surface area contributed by atoms with Crippen molar-refractivity contribution in [3.05, 3.63) is 66.0 Å². The van der Waals surface area contributed by atoms with Crippen LogP contribution in [-0.4, -0.2) is 21.4 Å². The molecule has 0 aliphatic heterocycles. The largest absolute Gasteiger partial charge is 0.351 e. The zero-order chi connectivity index (χ0) is 18.4. The number of amides is 1. The van der Waals surface area contributed by atoms with E-state index >= 15 is 0 Å². The maximum Gasteiger partial charge on any atom is 0.233 e. The average molecular weight is 388 g/mol. The molecule has 8 heteroatoms. The third-order valence-electron chi connectivity index (χ3n) is 3.49. The minimum atomic E-state index is -0.362. The number of halogens is 1. The van der Waals surface area contributed by atoms with Crippen LogP contribution in [0.2, 0.25) is 0 Å². The summed E-state index contributed by atoms with van der Waals surface area (Å²) >= 11 is 2.70. The fraction of sp³-hybridized carbons (Fsp3) is 0.167. The Kier molecular flexibility index (Phi) is 6.19. The maximum atomic E-state index is 13.6. The van der Waals surface area contributed by atoms with Gasteiger partial charge in [0.2, 0.25) is 11.0 Å². The van der Waals surface area contributed by atoms with Crippen molar-refractivity contribution in [2.24, 2.45) is 0 Å². The topological polar surface area (TPSA) is 66.9 Å². The van der Waals surface area contributed by atoms with Crippen LogP contribution >= 0.6 is 23.1 Å². The van der Waals surface area contributed by atoms with E-state index in [1.807, 2.05) is 30.3 Å². The molecule has 0 aliphatic carbocycles. The van der Waals surface area contributed by atoms with Crippen LogP contribution in [0.1, 0.15) is 12.5 Å². The Morgan fingerprint density at radius 2 is 1.88 bits per heavy atom. The standard InChI is InChI=1S/C18H17FN4OS2/c1-12(16(24)20-11-13-7-5-6-10-15(13)19)25-18-23-22-17(26-18)21-14-8-3-2-4-9-14/h2-10,12H,11H2,1H3,(H,20,24)(H,21,22). The molecule has 0 bridgehead atoms. The first-order valence-corrected chi connectivity index (χ1v) is 9.65. The summed E-state index contributed by atoms with van der Waals surface area (Å²) in [6, 6.07) is 16.1. The molecule has 5 nitrogen and oxygen atoms in total. The van der Waals surface area contributed by atoms with E-state index in [0.29, 0.717) is 15.0 Å². The summed E-state index contributed by atoms with van der Waals surface area (Å²) in [7, 11) is 0. The molecule has 0 fully saturated rings. The minimum Gasteiger partial charge on any atom is -0.351 e. The molecule has 0 aliphatic rings. The predicted octanol–water partition coefficient (Wildman–Crippen LogP) is 4.22. The van der Waals surface area contributed by atoms with Gasteiger partial charge in [-0.25, -0.2) is 4.39 Å². The molecule has 134 valence electrons. The molecule has 1 unspecified atom stereocenters. The van der Waals surface area contributed by atoms with Crippen LogP contribution in [0.25, 0.3) is 0 Å². The van der Waals surface area contributed by atoms with E-state index in [9.17, 15) is 9.18 Å². The second kappa shape index (κ2) is 8.77. The van der Waals surface area contributed by atoms with Crippen molar-refractivity contribution in [3.63, 3.8) is 0 Å². The molecule has 2 aromatic carbocycles. The second-order valence-corrected chi connectivity index (χ2v) is 8.00. The zero-order valence-corrected chi connectivity index (χ0v) is 15.6. The van der Waals surface area contributed by atoms with Gasteiger partial charge in [-0.3, -0.25) is 4.79 Å². The predicted molar refractivity (Wildman–Crippen MR) is 103 cm³/mol. The molecule has 0 radical (unpaired) electrons. The van der Waals surface area contributed by atoms with E-state index in [2.05, 4.69) is 20.8 Å². The molecule has 1 aromatic heterocycles. The quantitative estimate of drug-likeness (QED) is 0.593. The van der Waals surface area contributed by atoms with Gasteiger partial charge in [-0.05, 0) is 25.1 Å². The van der Waals surface area contributed by atoms with E-state index in [4.69, 9.17) is 0 Å². The van der Waals surface area contributed by atoms with Crippen LogP contribution in [0, 0.1) is 5.82 Å². The highest BCUT2D eigenvalue weighted by Gasteiger charge is 2.17. The van der Waals surface area contributed by atoms with Crippen LogP contribution in [0.15, 0.2) is 58.9 Å². The van der Waals surface area contributed by atoms with Gasteiger partial charge in [0.1, 0.15) is 5.82 Å². The third kappa shape index (κ3) is 5.03. The van der Waals surface area contributed by atoms with Gasteiger partial charge < -0.3 is 10.6 Å². The first-order chi connectivity index (χ1) is 12.6. The molecule has 1 amide bonds. The smallest absolute Gasteiger partial charge is 0.233 e. The highest BCUT2D eigenvalue weighted by atomic mass is 32.2. The Labute approximate surface area is 159 Å². The van der Waals surface area contributed by atoms with Gasteiger partial charge in [-0.15, -0.1) is 10.2 Å². The van der Waals surface area contributed by atoms with Crippen molar-refractivity contribution < 1.29 is 9.18 Å². The lowest BCUT2D eigenvalue weighted by Gasteiger charge is -2.10. The lowest BCUT2D eigenvalue weighted by atomic mass is 10.2. The summed E-state index contributed by atoms with van der Waals surface area (Å²) in [5, 5.41) is 14.4. The van der Waals surface area contributed by atoms with Crippen molar-refractivity contribution in [2.75, 3.05) is 5.32 Å². The van der Waals surface area contributed by atoms with Crippen LogP contribution < -0.4 is 10.6 Å². The Bertz CT molecular complexity index is 872. The Morgan fingerprint density at radius 3 is 2.65 bits per heavy atom. The van der Waals surface area contributed by atoms with Crippen LogP contribution in [0.3, 0.4) is 0 Å². The third-order valence-corrected chi connectivity index (χ3v) is 5.51. The lowest BCUT2D eigenvalue weighted by molar-refractivity contribution is -0.120. The van der Waals surface area contributed by atoms with Gasteiger partial charge in [0.25, 0.3) is 0 Å². The van der Waals surface area contributed by atoms with Gasteiger partial charge in [-0.2, -0.15) is 0 Å². The molecule has 1 heterocycles. The van der Waals surface area contributed by atoms with Crippen LogP contribution in [0.4, 0.5) is 15.2 Å². The van der Waals surface area contributed by atoms with E-state index in [0.717, 1.165) is 5.69 Å². The maximum absolute atomic E-state index is 13.6. The molecule has 3 aromatic rings. The molecule has 0 saturated carbocycles. The molecular formula is C18H17FN4OS2. The molecule has 3 rings (SSSR count). The summed E-state index contributed by atoms with van der Waals surface area (Å²) in [4.78, 5) is 12.2. The van der Waals surface area contributed by atoms with Gasteiger partial charge >= 0.3 is 0 Å². The number of thioether (sulfide) groups is 1. The van der Waals surface area contributed by atoms with E-state index in [-0.39, 0.29) is 23.5 Å². The average Bonchev–Trinajstić information content (AvgIpc) is 3.08. The van der Waals surface area contributed by atoms with Crippen molar-refractivity contribution in [1.82, 2.24) is 15.5 Å². The van der Waals surface area contributed by atoms with E-state index in [1.54, 1.807) is 25.1 Å². The summed E-state index contributed by atoms with van der Waals surface area (Å²) in [5.41, 5.74) is 1.39. The molecule has 26 heavy (non-hydrogen) atoms. The number of hydrogen-bond acceptors (Lipinski definition) is 6. The summed E-state index contributed by atoms with van der Waals surface area (Å²) in [6.07, 6.45) is 0. The van der Waals surface area contributed by atoms with E-state index in [1.165, 1.54) is 29.2 Å². The lowest BCUT2D eigenvalue weighted by Crippen LogP contribution is -2.30. The summed E-state index contributed by atoms with van der Waals surface area (Å²) < 4.78 is 14.3. The number of carbonyl (C=O) groups is 1. The van der Waals surface area contributed by atoms with Crippen molar-refractivity contribution in [1.29, 1.82) is 0 Å². The van der Waals surface area contributed by atoms with Crippen LogP contribution in [-0.2, 0) is 11.3 Å². The molecule has 2 N–H and O–H groups in total. The molecule has 0 spiro atoms. The monoisotopic (exact) mass is 388 g/mol. The Morgan fingerprint density at radius 1 is 1.15 bits per heavy atom. The Balaban J connectivity index is 1.52. The fourth-order valence-electron chi connectivity index (χ4n) is 2.13. The zero-order valence-electron chi connectivity index (χ0n) is 14.0. The van der Waals surface area contributed by atoms with E-state index < -0.39 is 0 Å². The number of carbonyl (C=O) groups excluding carboxylic acids is 1. The van der Waals surface area contributed by atoms with Crippen LogP contribution in [0.5, 0.6) is 0 Å². The fourth-order valence-corrected chi connectivity index (χ4v) is 4.07. The minimum absolute atomic E-state index is 0.160. The van der Waals surface area contributed by atoms with Gasteiger partial charge in [0.05, 0.1) is 5.25 Å². The number of hydrogen-bond donors (Lipinski definition) is 2. The highest BCUT2D eigenvalue weighted by Crippen LogP contribution is 2.30. The van der Waals surface area contributed by atoms with Crippen molar-refractivity contribution >= 4 is 39.8 Å². The first-order valence-electron chi connectivity index (χ1n) is 7.95. The number of para-hydroxylation sites is 1. The number of aromatic nitrogens is 2. The molecular weight excluding hydrogens is 371 g/mol. The number of nitrogens with zero attached hydrogens (tertiary/aromatic N) is 2. The second-order valence-electron chi connectivity index (χ2n) is 5.43. The molecule has 1 atom stereocenters. The van der Waals surface area contributed by atoms with Gasteiger partial charge in [0, 0.05) is 17.8 Å². The normalized spacial score (nSPS) is 11.8. The van der Waals surface area contributed by atoms with Crippen molar-refractivity contribution in [2.45, 2.75) is 23.1 Å². The summed E-state index contributed by atoms with van der Waals surface area (Å²) in [5.74, 6) is -0.500. The SMILES string of the molecule is CC(Sc1nnc(Nc2ccccc2)s1)C(=O)NCc1ccccc1F. The highest BCUT2D eigenvalue weighted by molar-refractivity contribution is 8.02. The number of anilines is 2. The Hall–Kier alpha value is -2.45. The number of benzene rings is 2. The van der Waals surface area contributed by atoms with Crippen molar-refractivity contribution in [3.8, 4) is 0 Å². The van der Waals surface area contributed by atoms with Gasteiger partial charge in [-0.1, -0.05) is 59.5 Å². The number of nitrogens with one attached hydrogen (secondary N) is 2. The van der Waals surface area contributed by atoms with Gasteiger partial charge in [0.15, 0.2) is 4.34 Å². The first kappa shape index (κ1) is 18.3. The number of rotatable bonds is 7.